The smallest absolute Gasteiger partial charge is 0.410 e. The third kappa shape index (κ3) is 3.19. The van der Waals surface area contributed by atoms with Gasteiger partial charge in [-0.05, 0) is 56.9 Å². The monoisotopic (exact) mass is 465 g/mol. The van der Waals surface area contributed by atoms with Crippen LogP contribution in [0.1, 0.15) is 32.3 Å². The number of methoxy groups -OCH3 is 2. The van der Waals surface area contributed by atoms with Crippen LogP contribution in [0.25, 0.3) is 0 Å². The van der Waals surface area contributed by atoms with Crippen LogP contribution in [-0.4, -0.2) is 65.6 Å². The molecule has 5 rings (SSSR count). The van der Waals surface area contributed by atoms with E-state index in [1.54, 1.807) is 12.0 Å². The molecule has 168 valence electrons. The number of hydrogen-bond donors (Lipinski definition) is 0. The van der Waals surface area contributed by atoms with Crippen LogP contribution in [0.4, 0.5) is 4.79 Å². The number of nitrogens with zero attached hydrogens (tertiary/aromatic N) is 1. The van der Waals surface area contributed by atoms with E-state index in [-0.39, 0.29) is 29.9 Å². The maximum atomic E-state index is 13.2. The Morgan fingerprint density at radius 3 is 2.32 bits per heavy atom. The fourth-order valence-electron chi connectivity index (χ4n) is 5.55. The summed E-state index contributed by atoms with van der Waals surface area (Å²) in [7, 11) is 2.99. The van der Waals surface area contributed by atoms with Crippen LogP contribution in [0.2, 0.25) is 0 Å². The summed E-state index contributed by atoms with van der Waals surface area (Å²) in [5.74, 6) is -0.104. The first-order valence-electron chi connectivity index (χ1n) is 10.1. The third-order valence-electron chi connectivity index (χ3n) is 6.46. The molecular weight excluding hydrogens is 438 g/mol. The number of rotatable bonds is 4. The van der Waals surface area contributed by atoms with Crippen LogP contribution >= 0.6 is 24.0 Å². The fraction of sp³-hybridized carbons (Fsp3) is 0.591. The van der Waals surface area contributed by atoms with Gasteiger partial charge in [0, 0.05) is 11.8 Å². The van der Waals surface area contributed by atoms with Gasteiger partial charge >= 0.3 is 12.1 Å². The zero-order chi connectivity index (χ0) is 22.7. The van der Waals surface area contributed by atoms with Crippen molar-refractivity contribution >= 4 is 40.4 Å². The highest BCUT2D eigenvalue weighted by molar-refractivity contribution is 8.22. The molecule has 2 saturated heterocycles. The highest BCUT2D eigenvalue weighted by atomic mass is 32.2. The Balaban J connectivity index is 1.79. The van der Waals surface area contributed by atoms with Crippen molar-refractivity contribution in [3.05, 3.63) is 29.8 Å². The van der Waals surface area contributed by atoms with Crippen LogP contribution in [0, 0.1) is 11.3 Å². The molecule has 9 heteroatoms. The molecule has 6 unspecified atom stereocenters. The zero-order valence-electron chi connectivity index (χ0n) is 18.4. The maximum absolute atomic E-state index is 13.2. The molecule has 1 aromatic carbocycles. The van der Waals surface area contributed by atoms with Crippen molar-refractivity contribution < 1.29 is 28.5 Å². The average Bonchev–Trinajstić information content (AvgIpc) is 2.99. The molecule has 4 fully saturated rings. The number of esters is 1. The molecule has 4 bridgehead atoms. The highest BCUT2D eigenvalue weighted by Crippen LogP contribution is 2.79. The Hall–Kier alpha value is -2.00. The minimum absolute atomic E-state index is 0.199. The number of carbonyl (C=O) groups is 2. The molecule has 2 saturated carbocycles. The van der Waals surface area contributed by atoms with Crippen LogP contribution in [0.15, 0.2) is 24.3 Å². The van der Waals surface area contributed by atoms with Crippen molar-refractivity contribution in [1.29, 1.82) is 0 Å². The molecule has 31 heavy (non-hydrogen) atoms. The van der Waals surface area contributed by atoms with Crippen LogP contribution < -0.4 is 4.74 Å². The minimum Gasteiger partial charge on any atom is -0.497 e. The fourth-order valence-corrected chi connectivity index (χ4v) is 5.87. The SMILES string of the molecule is COC(=O)C12C(c3ccc(OC)cc3)C3C(OC(=S)SC)C1C2N3C(=O)OC(C)(C)C. The number of benzene rings is 1. The average molecular weight is 466 g/mol. The van der Waals surface area contributed by atoms with E-state index >= 15 is 0 Å². The second-order valence-corrected chi connectivity index (χ2v) is 10.5. The van der Waals surface area contributed by atoms with E-state index in [2.05, 4.69) is 0 Å². The summed E-state index contributed by atoms with van der Waals surface area (Å²) in [4.78, 5) is 28.1. The standard InChI is InChI=1S/C22H27NO6S2/c1-21(2,3)29-19(25)23-15-13(11-7-9-12(26-4)10-8-11)22(18(24)27-5)14(17(22)23)16(15)28-20(30)31-6/h7-10,13-17H,1-6H3. The van der Waals surface area contributed by atoms with Gasteiger partial charge in [0.25, 0.3) is 0 Å². The summed E-state index contributed by atoms with van der Waals surface area (Å²) in [5, 5.41) is 0. The lowest BCUT2D eigenvalue weighted by Gasteiger charge is -2.30. The summed E-state index contributed by atoms with van der Waals surface area (Å²) in [6, 6.07) is 6.84. The number of carbonyl (C=O) groups excluding carboxylic acids is 2. The predicted octanol–water partition coefficient (Wildman–Crippen LogP) is 3.60. The van der Waals surface area contributed by atoms with E-state index in [9.17, 15) is 9.59 Å². The Kier molecular flexibility index (Phi) is 5.41. The lowest BCUT2D eigenvalue weighted by molar-refractivity contribution is -0.148. The first kappa shape index (κ1) is 22.2. The first-order valence-corrected chi connectivity index (χ1v) is 11.7. The predicted molar refractivity (Wildman–Crippen MR) is 120 cm³/mol. The highest BCUT2D eigenvalue weighted by Gasteiger charge is 2.93. The van der Waals surface area contributed by atoms with Gasteiger partial charge < -0.3 is 18.9 Å². The number of thiocarbonyl (C=S) groups is 1. The van der Waals surface area contributed by atoms with Gasteiger partial charge in [-0.3, -0.25) is 9.69 Å². The molecule has 7 nitrogen and oxygen atoms in total. The molecule has 2 heterocycles. The van der Waals surface area contributed by atoms with Gasteiger partial charge in [0.2, 0.25) is 4.38 Å². The molecular formula is C22H27NO6S2. The molecule has 1 aromatic rings. The zero-order valence-corrected chi connectivity index (χ0v) is 20.0. The third-order valence-corrected chi connectivity index (χ3v) is 7.48. The number of thioether (sulfide) groups is 1. The topological polar surface area (TPSA) is 74.3 Å². The largest absolute Gasteiger partial charge is 0.497 e. The van der Waals surface area contributed by atoms with E-state index in [1.165, 1.54) is 18.9 Å². The Morgan fingerprint density at radius 1 is 1.16 bits per heavy atom. The Bertz CT molecular complexity index is 914. The molecule has 0 spiro atoms. The van der Waals surface area contributed by atoms with Crippen molar-refractivity contribution in [3.63, 3.8) is 0 Å². The Labute approximate surface area is 191 Å². The van der Waals surface area contributed by atoms with Crippen LogP contribution in [0.3, 0.4) is 0 Å². The lowest BCUT2D eigenvalue weighted by atomic mass is 9.83. The maximum Gasteiger partial charge on any atom is 0.410 e. The quantitative estimate of drug-likeness (QED) is 0.493. The van der Waals surface area contributed by atoms with Crippen molar-refractivity contribution in [1.82, 2.24) is 4.90 Å². The van der Waals surface area contributed by atoms with Gasteiger partial charge in [-0.15, -0.1) is 0 Å². The molecule has 0 N–H and O–H groups in total. The van der Waals surface area contributed by atoms with Gasteiger partial charge in [0.15, 0.2) is 0 Å². The van der Waals surface area contributed by atoms with Gasteiger partial charge in [-0.1, -0.05) is 23.9 Å². The molecule has 0 radical (unpaired) electrons. The van der Waals surface area contributed by atoms with Crippen molar-refractivity contribution in [2.45, 2.75) is 50.5 Å². The molecule has 4 aliphatic rings. The molecule has 2 aliphatic heterocycles. The van der Waals surface area contributed by atoms with Gasteiger partial charge in [-0.25, -0.2) is 4.79 Å². The molecule has 6 atom stereocenters. The van der Waals surface area contributed by atoms with Crippen molar-refractivity contribution in [2.24, 2.45) is 11.3 Å². The van der Waals surface area contributed by atoms with E-state index in [1.807, 2.05) is 51.3 Å². The first-order chi connectivity index (χ1) is 14.6. The van der Waals surface area contributed by atoms with Gasteiger partial charge in [0.1, 0.15) is 22.9 Å². The normalized spacial score (nSPS) is 32.5. The van der Waals surface area contributed by atoms with E-state index in [0.29, 0.717) is 10.1 Å². The van der Waals surface area contributed by atoms with E-state index < -0.39 is 23.2 Å². The number of ether oxygens (including phenoxy) is 4. The summed E-state index contributed by atoms with van der Waals surface area (Å²) in [6.07, 6.45) is 0.994. The molecule has 0 aromatic heterocycles. The van der Waals surface area contributed by atoms with Crippen LogP contribution in [-0.2, 0) is 19.0 Å². The second-order valence-electron chi connectivity index (χ2n) is 9.06. The number of hydrogen-bond acceptors (Lipinski definition) is 8. The molecule has 2 aliphatic carbocycles. The van der Waals surface area contributed by atoms with Crippen LogP contribution in [0.5, 0.6) is 5.75 Å². The Morgan fingerprint density at radius 2 is 1.81 bits per heavy atom. The molecule has 1 amide bonds. The summed E-state index contributed by atoms with van der Waals surface area (Å²) < 4.78 is 22.7. The minimum atomic E-state index is -0.871. The van der Waals surface area contributed by atoms with E-state index in [0.717, 1.165) is 5.56 Å². The van der Waals surface area contributed by atoms with Crippen molar-refractivity contribution in [2.75, 3.05) is 20.5 Å². The second kappa shape index (κ2) is 7.55. The lowest BCUT2D eigenvalue weighted by Crippen LogP contribution is -2.43. The van der Waals surface area contributed by atoms with Gasteiger partial charge in [0.05, 0.1) is 26.3 Å². The van der Waals surface area contributed by atoms with Gasteiger partial charge in [-0.2, -0.15) is 0 Å². The summed E-state index contributed by atoms with van der Waals surface area (Å²) in [6.45, 7) is 5.47. The van der Waals surface area contributed by atoms with E-state index in [4.69, 9.17) is 31.2 Å². The number of amides is 1. The summed E-state index contributed by atoms with van der Waals surface area (Å²) >= 11 is 6.65. The van der Waals surface area contributed by atoms with Crippen molar-refractivity contribution in [3.8, 4) is 5.75 Å². The number of piperidine rings is 2. The summed E-state index contributed by atoms with van der Waals surface area (Å²) in [5.41, 5.74) is -0.604.